The second kappa shape index (κ2) is 7.90. The van der Waals surface area contributed by atoms with Crippen molar-refractivity contribution in [1.29, 1.82) is 0 Å². The Hall–Kier alpha value is -3.81. The van der Waals surface area contributed by atoms with E-state index in [9.17, 15) is 4.79 Å². The summed E-state index contributed by atoms with van der Waals surface area (Å²) >= 11 is 0. The van der Waals surface area contributed by atoms with Crippen molar-refractivity contribution in [3.05, 3.63) is 78.3 Å². The van der Waals surface area contributed by atoms with Crippen LogP contribution in [-0.2, 0) is 0 Å². The molecule has 150 valence electrons. The van der Waals surface area contributed by atoms with Crippen LogP contribution in [0.2, 0.25) is 0 Å². The average molecular weight is 400 g/mol. The van der Waals surface area contributed by atoms with Gasteiger partial charge < -0.3 is 9.84 Å². The van der Waals surface area contributed by atoms with Crippen molar-refractivity contribution in [2.24, 2.45) is 0 Å². The number of rotatable bonds is 6. The summed E-state index contributed by atoms with van der Waals surface area (Å²) in [7, 11) is 0. The molecule has 0 aromatic carbocycles. The highest BCUT2D eigenvalue weighted by molar-refractivity contribution is 6.06. The van der Waals surface area contributed by atoms with E-state index in [-0.39, 0.29) is 11.8 Å². The molecule has 3 aromatic rings. The van der Waals surface area contributed by atoms with E-state index in [0.29, 0.717) is 28.9 Å². The smallest absolute Gasteiger partial charge is 0.278 e. The highest BCUT2D eigenvalue weighted by atomic mass is 16.5. The number of nitrogens with zero attached hydrogens (tertiary/aromatic N) is 4. The lowest BCUT2D eigenvalue weighted by Gasteiger charge is -2.12. The van der Waals surface area contributed by atoms with E-state index < -0.39 is 0 Å². The molecule has 3 heterocycles. The lowest BCUT2D eigenvalue weighted by atomic mass is 9.97. The summed E-state index contributed by atoms with van der Waals surface area (Å²) in [5.41, 5.74) is 3.25. The third-order valence-corrected chi connectivity index (χ3v) is 5.09. The van der Waals surface area contributed by atoms with Crippen LogP contribution in [0.5, 0.6) is 0 Å². The van der Waals surface area contributed by atoms with Crippen molar-refractivity contribution in [2.45, 2.75) is 31.1 Å². The fraction of sp³-hybridized carbons (Fsp3) is 0.227. The third kappa shape index (κ3) is 3.98. The molecule has 30 heavy (non-hydrogen) atoms. The van der Waals surface area contributed by atoms with Crippen molar-refractivity contribution in [3.63, 3.8) is 0 Å². The summed E-state index contributed by atoms with van der Waals surface area (Å²) < 4.78 is 5.35. The molecule has 0 radical (unpaired) electrons. The molecule has 8 nitrogen and oxygen atoms in total. The molecule has 2 N–H and O–H groups in total. The molecule has 2 aliphatic rings. The molecular formula is C22H20N6O2. The minimum Gasteiger partial charge on any atom is -0.351 e. The Kier molecular flexibility index (Phi) is 4.80. The van der Waals surface area contributed by atoms with E-state index in [1.165, 1.54) is 6.33 Å². The topological polar surface area (TPSA) is 106 Å². The predicted molar refractivity (Wildman–Crippen MR) is 112 cm³/mol. The Morgan fingerprint density at radius 3 is 2.73 bits per heavy atom. The van der Waals surface area contributed by atoms with Gasteiger partial charge in [-0.15, -0.1) is 0 Å². The number of hydrogen-bond donors (Lipinski definition) is 2. The van der Waals surface area contributed by atoms with Crippen molar-refractivity contribution in [3.8, 4) is 0 Å². The number of nitrogens with one attached hydrogen (secondary N) is 2. The number of carbonyl (C=O) groups excluding carboxylic acids is 1. The number of hydrogen-bond acceptors (Lipinski definition) is 7. The fourth-order valence-corrected chi connectivity index (χ4v) is 3.37. The van der Waals surface area contributed by atoms with Crippen LogP contribution in [-0.4, -0.2) is 26.0 Å². The monoisotopic (exact) mass is 400 g/mol. The molecule has 1 saturated carbocycles. The van der Waals surface area contributed by atoms with Crippen LogP contribution in [0.4, 0.5) is 17.3 Å². The molecule has 0 bridgehead atoms. The van der Waals surface area contributed by atoms with Crippen LogP contribution in [0, 0.1) is 0 Å². The summed E-state index contributed by atoms with van der Waals surface area (Å²) in [5, 5.41) is 10.1. The fourth-order valence-electron chi connectivity index (χ4n) is 3.37. The molecule has 3 aromatic heterocycles. The number of carbonyl (C=O) groups is 1. The number of allylic oxidation sites excluding steroid dienone is 4. The molecule has 0 spiro atoms. The van der Waals surface area contributed by atoms with E-state index in [2.05, 4.69) is 42.9 Å². The molecule has 1 amide bonds. The second-order valence-electron chi connectivity index (χ2n) is 7.38. The second-order valence-corrected chi connectivity index (χ2v) is 7.38. The first-order valence-electron chi connectivity index (χ1n) is 9.90. The van der Waals surface area contributed by atoms with Crippen molar-refractivity contribution >= 4 is 23.2 Å². The van der Waals surface area contributed by atoms with Gasteiger partial charge in [0, 0.05) is 23.6 Å². The molecule has 0 saturated heterocycles. The maximum atomic E-state index is 13.0. The Balaban J connectivity index is 1.38. The van der Waals surface area contributed by atoms with Crippen molar-refractivity contribution < 1.29 is 9.32 Å². The minimum atomic E-state index is -0.362. The lowest BCUT2D eigenvalue weighted by Crippen LogP contribution is -2.16. The number of pyridine rings is 1. The molecule has 5 rings (SSSR count). The van der Waals surface area contributed by atoms with Gasteiger partial charge in [-0.25, -0.2) is 15.0 Å². The van der Waals surface area contributed by atoms with Gasteiger partial charge in [-0.3, -0.25) is 10.1 Å². The zero-order valence-electron chi connectivity index (χ0n) is 16.2. The summed E-state index contributed by atoms with van der Waals surface area (Å²) in [6.07, 6.45) is 15.9. The summed E-state index contributed by atoms with van der Waals surface area (Å²) in [4.78, 5) is 25.7. The molecule has 1 atom stereocenters. The van der Waals surface area contributed by atoms with Crippen LogP contribution in [0.25, 0.3) is 0 Å². The number of amides is 1. The molecule has 8 heteroatoms. The van der Waals surface area contributed by atoms with Crippen LogP contribution >= 0.6 is 0 Å². The van der Waals surface area contributed by atoms with E-state index in [4.69, 9.17) is 4.52 Å². The molecule has 0 aliphatic heterocycles. The standard InChI is InChI=1S/C22H20N6O2/c29-22(27-20-10-19(28-30-20)14-4-2-1-3-5-14)21-18(25-16-11-23-13-24-12-16)9-8-17(26-21)15-6-7-15/h1-4,8-15,25H,5-7H2,(H,27,29). The van der Waals surface area contributed by atoms with Gasteiger partial charge >= 0.3 is 0 Å². The molecule has 2 aliphatic carbocycles. The Labute approximate surface area is 173 Å². The van der Waals surface area contributed by atoms with E-state index >= 15 is 0 Å². The van der Waals surface area contributed by atoms with Gasteiger partial charge in [-0.1, -0.05) is 29.5 Å². The summed E-state index contributed by atoms with van der Waals surface area (Å²) in [6, 6.07) is 5.58. The van der Waals surface area contributed by atoms with Crippen LogP contribution < -0.4 is 10.6 Å². The molecular weight excluding hydrogens is 380 g/mol. The van der Waals surface area contributed by atoms with Gasteiger partial charge in [-0.05, 0) is 31.4 Å². The highest BCUT2D eigenvalue weighted by Crippen LogP contribution is 2.39. The van der Waals surface area contributed by atoms with Gasteiger partial charge in [-0.2, -0.15) is 0 Å². The Morgan fingerprint density at radius 2 is 1.97 bits per heavy atom. The predicted octanol–water partition coefficient (Wildman–Crippen LogP) is 4.33. The zero-order chi connectivity index (χ0) is 20.3. The molecule has 1 unspecified atom stereocenters. The van der Waals surface area contributed by atoms with Crippen LogP contribution in [0.3, 0.4) is 0 Å². The Morgan fingerprint density at radius 1 is 1.10 bits per heavy atom. The van der Waals surface area contributed by atoms with Crippen molar-refractivity contribution in [2.75, 3.05) is 10.6 Å². The lowest BCUT2D eigenvalue weighted by molar-refractivity contribution is 0.101. The maximum absolute atomic E-state index is 13.0. The molecule has 1 fully saturated rings. The first kappa shape index (κ1) is 18.2. The van der Waals surface area contributed by atoms with E-state index in [1.807, 2.05) is 24.3 Å². The number of aromatic nitrogens is 4. The summed E-state index contributed by atoms with van der Waals surface area (Å²) in [5.74, 6) is 0.508. The first-order valence-corrected chi connectivity index (χ1v) is 9.90. The average Bonchev–Trinajstić information content (AvgIpc) is 3.54. The SMILES string of the molecule is O=C(Nc1cc(C2C=CC=CC2)no1)c1nc(C2CC2)ccc1Nc1cncnc1. The minimum absolute atomic E-state index is 0.149. The maximum Gasteiger partial charge on any atom is 0.278 e. The van der Waals surface area contributed by atoms with Crippen LogP contribution in [0.1, 0.15) is 53.0 Å². The van der Waals surface area contributed by atoms with Gasteiger partial charge in [0.05, 0.1) is 29.5 Å². The Bertz CT molecular complexity index is 1120. The van der Waals surface area contributed by atoms with Gasteiger partial charge in [0.15, 0.2) is 5.69 Å². The number of anilines is 3. The first-order chi connectivity index (χ1) is 14.8. The van der Waals surface area contributed by atoms with Gasteiger partial charge in [0.1, 0.15) is 6.33 Å². The van der Waals surface area contributed by atoms with E-state index in [0.717, 1.165) is 30.7 Å². The highest BCUT2D eigenvalue weighted by Gasteiger charge is 2.27. The van der Waals surface area contributed by atoms with Gasteiger partial charge in [0.2, 0.25) is 5.88 Å². The quantitative estimate of drug-likeness (QED) is 0.634. The largest absolute Gasteiger partial charge is 0.351 e. The normalized spacial score (nSPS) is 17.7. The third-order valence-electron chi connectivity index (χ3n) is 5.09. The summed E-state index contributed by atoms with van der Waals surface area (Å²) in [6.45, 7) is 0. The van der Waals surface area contributed by atoms with E-state index in [1.54, 1.807) is 18.5 Å². The van der Waals surface area contributed by atoms with Gasteiger partial charge in [0.25, 0.3) is 5.91 Å². The van der Waals surface area contributed by atoms with Crippen molar-refractivity contribution in [1.82, 2.24) is 20.1 Å². The van der Waals surface area contributed by atoms with Crippen LogP contribution in [0.15, 0.2) is 65.7 Å². The zero-order valence-corrected chi connectivity index (χ0v) is 16.2.